The third-order valence-corrected chi connectivity index (χ3v) is 3.77. The second-order valence-electron chi connectivity index (χ2n) is 4.57. The minimum atomic E-state index is 0.391. The average molecular weight is 263 g/mol. The summed E-state index contributed by atoms with van der Waals surface area (Å²) in [5.41, 5.74) is 1.54. The fraction of sp³-hybridized carbons (Fsp3) is 0.462. The molecule has 94 valence electrons. The van der Waals surface area contributed by atoms with Crippen molar-refractivity contribution < 1.29 is 0 Å². The van der Waals surface area contributed by atoms with Crippen LogP contribution < -0.4 is 4.90 Å². The zero-order valence-electron chi connectivity index (χ0n) is 10.1. The molecule has 5 heteroatoms. The summed E-state index contributed by atoms with van der Waals surface area (Å²) in [6.07, 6.45) is 6.96. The van der Waals surface area contributed by atoms with Crippen molar-refractivity contribution in [1.82, 2.24) is 15.0 Å². The molecule has 1 saturated heterocycles. The van der Waals surface area contributed by atoms with Crippen LogP contribution in [0.2, 0.25) is 0 Å². The first-order valence-electron chi connectivity index (χ1n) is 6.29. The fourth-order valence-electron chi connectivity index (χ4n) is 2.47. The number of piperidine rings is 1. The van der Waals surface area contributed by atoms with Gasteiger partial charge < -0.3 is 4.90 Å². The molecule has 0 spiro atoms. The lowest BCUT2D eigenvalue weighted by atomic mass is 10.0. The number of hydrogen-bond acceptors (Lipinski definition) is 4. The third-order valence-electron chi connectivity index (χ3n) is 3.42. The Kier molecular flexibility index (Phi) is 3.28. The molecule has 4 nitrogen and oxygen atoms in total. The Bertz CT molecular complexity index is 545. The number of halogens is 1. The summed E-state index contributed by atoms with van der Waals surface area (Å²) in [4.78, 5) is 15.4. The zero-order chi connectivity index (χ0) is 12.4. The molecule has 18 heavy (non-hydrogen) atoms. The highest BCUT2D eigenvalue weighted by molar-refractivity contribution is 6.18. The van der Waals surface area contributed by atoms with Crippen molar-refractivity contribution in [1.29, 1.82) is 0 Å². The van der Waals surface area contributed by atoms with E-state index in [2.05, 4.69) is 19.9 Å². The lowest BCUT2D eigenvalue weighted by Gasteiger charge is -2.35. The summed E-state index contributed by atoms with van der Waals surface area (Å²) < 4.78 is 0. The van der Waals surface area contributed by atoms with Crippen molar-refractivity contribution in [3.8, 4) is 0 Å². The van der Waals surface area contributed by atoms with E-state index in [0.29, 0.717) is 17.6 Å². The molecule has 0 aliphatic carbocycles. The summed E-state index contributed by atoms with van der Waals surface area (Å²) in [5, 5.41) is 0. The van der Waals surface area contributed by atoms with Gasteiger partial charge >= 0.3 is 0 Å². The molecule has 0 saturated carbocycles. The van der Waals surface area contributed by atoms with E-state index in [4.69, 9.17) is 11.6 Å². The zero-order valence-corrected chi connectivity index (χ0v) is 10.8. The van der Waals surface area contributed by atoms with Crippen LogP contribution >= 0.6 is 11.6 Å². The Morgan fingerprint density at radius 2 is 2.11 bits per heavy atom. The number of anilines is 1. The normalized spacial score (nSPS) is 20.3. The topological polar surface area (TPSA) is 41.9 Å². The van der Waals surface area contributed by atoms with Crippen LogP contribution in [0.5, 0.6) is 0 Å². The van der Waals surface area contributed by atoms with E-state index in [1.165, 1.54) is 12.8 Å². The summed E-state index contributed by atoms with van der Waals surface area (Å²) in [6.45, 7) is 1.02. The molecule has 2 aromatic heterocycles. The summed E-state index contributed by atoms with van der Waals surface area (Å²) in [7, 11) is 0. The largest absolute Gasteiger partial charge is 0.352 e. The number of pyridine rings is 1. The molecule has 0 radical (unpaired) electrons. The second kappa shape index (κ2) is 5.06. The van der Waals surface area contributed by atoms with Crippen LogP contribution in [0.3, 0.4) is 0 Å². The fourth-order valence-corrected chi connectivity index (χ4v) is 2.79. The van der Waals surface area contributed by atoms with Gasteiger partial charge in [-0.15, -0.1) is 11.6 Å². The molecule has 1 unspecified atom stereocenters. The quantitative estimate of drug-likeness (QED) is 0.781. The Hall–Kier alpha value is -1.42. The molecule has 0 bridgehead atoms. The van der Waals surface area contributed by atoms with Gasteiger partial charge in [0.15, 0.2) is 5.65 Å². The summed E-state index contributed by atoms with van der Waals surface area (Å²) in [6, 6.07) is 4.38. The summed E-state index contributed by atoms with van der Waals surface area (Å²) in [5.74, 6) is 1.62. The van der Waals surface area contributed by atoms with Crippen LogP contribution in [-0.4, -0.2) is 33.4 Å². The van der Waals surface area contributed by atoms with Crippen LogP contribution in [0, 0.1) is 0 Å². The van der Waals surface area contributed by atoms with Crippen LogP contribution in [0.25, 0.3) is 11.2 Å². The maximum absolute atomic E-state index is 6.05. The Morgan fingerprint density at radius 3 is 3.00 bits per heavy atom. The Balaban J connectivity index is 1.97. The number of aromatic nitrogens is 3. The molecule has 2 aromatic rings. The molecular weight excluding hydrogens is 248 g/mol. The van der Waals surface area contributed by atoms with E-state index in [1.54, 1.807) is 12.4 Å². The van der Waals surface area contributed by atoms with Crippen molar-refractivity contribution >= 4 is 28.6 Å². The van der Waals surface area contributed by atoms with E-state index >= 15 is 0 Å². The van der Waals surface area contributed by atoms with Gasteiger partial charge in [-0.1, -0.05) is 0 Å². The minimum Gasteiger partial charge on any atom is -0.352 e. The molecule has 0 N–H and O–H groups in total. The number of hydrogen-bond donors (Lipinski definition) is 0. The smallest absolute Gasteiger partial charge is 0.180 e. The van der Waals surface area contributed by atoms with Gasteiger partial charge in [0.2, 0.25) is 0 Å². The third kappa shape index (κ3) is 2.12. The first kappa shape index (κ1) is 11.7. The van der Waals surface area contributed by atoms with Crippen molar-refractivity contribution in [2.45, 2.75) is 25.3 Å². The number of rotatable bonds is 2. The molecule has 0 amide bonds. The maximum Gasteiger partial charge on any atom is 0.180 e. The van der Waals surface area contributed by atoms with Gasteiger partial charge in [-0.25, -0.2) is 9.97 Å². The van der Waals surface area contributed by atoms with Crippen molar-refractivity contribution in [2.75, 3.05) is 17.3 Å². The molecule has 1 atom stereocenters. The van der Waals surface area contributed by atoms with Gasteiger partial charge in [0.05, 0.1) is 0 Å². The van der Waals surface area contributed by atoms with Crippen LogP contribution in [0.1, 0.15) is 19.3 Å². The van der Waals surface area contributed by atoms with Gasteiger partial charge in [0, 0.05) is 30.9 Å². The molecule has 3 heterocycles. The van der Waals surface area contributed by atoms with E-state index in [9.17, 15) is 0 Å². The lowest BCUT2D eigenvalue weighted by molar-refractivity contribution is 0.485. The van der Waals surface area contributed by atoms with Crippen LogP contribution in [0.15, 0.2) is 24.5 Å². The molecule has 1 fully saturated rings. The average Bonchev–Trinajstić information content (AvgIpc) is 2.46. The maximum atomic E-state index is 6.05. The van der Waals surface area contributed by atoms with Gasteiger partial charge in [0.25, 0.3) is 0 Å². The predicted octanol–water partition coefficient (Wildman–Crippen LogP) is 2.62. The highest BCUT2D eigenvalue weighted by atomic mass is 35.5. The Morgan fingerprint density at radius 1 is 1.22 bits per heavy atom. The molecular formula is C13H15ClN4. The van der Waals surface area contributed by atoms with Gasteiger partial charge in [-0.2, -0.15) is 0 Å². The van der Waals surface area contributed by atoms with Crippen LogP contribution in [-0.2, 0) is 0 Å². The van der Waals surface area contributed by atoms with Crippen molar-refractivity contribution in [3.05, 3.63) is 24.5 Å². The van der Waals surface area contributed by atoms with E-state index in [1.807, 2.05) is 12.1 Å². The summed E-state index contributed by atoms with van der Waals surface area (Å²) >= 11 is 6.05. The first-order chi connectivity index (χ1) is 8.88. The van der Waals surface area contributed by atoms with E-state index < -0.39 is 0 Å². The monoisotopic (exact) mass is 262 g/mol. The lowest BCUT2D eigenvalue weighted by Crippen LogP contribution is -2.41. The Labute approximate surface area is 111 Å². The highest BCUT2D eigenvalue weighted by Gasteiger charge is 2.22. The standard InChI is InChI=1S/C13H15ClN4/c14-9-10-3-1-2-8-18(10)12-5-4-11-13(17-12)16-7-6-15-11/h4-7,10H,1-3,8-9H2. The SMILES string of the molecule is ClCC1CCCCN1c1ccc2nccnc2n1. The molecule has 1 aliphatic rings. The van der Waals surface area contributed by atoms with Crippen LogP contribution in [0.4, 0.5) is 5.82 Å². The van der Waals surface area contributed by atoms with E-state index in [-0.39, 0.29) is 0 Å². The van der Waals surface area contributed by atoms with Crippen molar-refractivity contribution in [2.24, 2.45) is 0 Å². The molecule has 3 rings (SSSR count). The van der Waals surface area contributed by atoms with Gasteiger partial charge in [0.1, 0.15) is 11.3 Å². The molecule has 0 aromatic carbocycles. The van der Waals surface area contributed by atoms with Gasteiger partial charge in [-0.3, -0.25) is 4.98 Å². The first-order valence-corrected chi connectivity index (χ1v) is 6.82. The second-order valence-corrected chi connectivity index (χ2v) is 4.87. The molecule has 1 aliphatic heterocycles. The van der Waals surface area contributed by atoms with E-state index in [0.717, 1.165) is 24.3 Å². The minimum absolute atomic E-state index is 0.391. The van der Waals surface area contributed by atoms with Crippen molar-refractivity contribution in [3.63, 3.8) is 0 Å². The number of nitrogens with zero attached hydrogens (tertiary/aromatic N) is 4. The van der Waals surface area contributed by atoms with Gasteiger partial charge in [-0.05, 0) is 31.4 Å². The predicted molar refractivity (Wildman–Crippen MR) is 73.0 cm³/mol. The highest BCUT2D eigenvalue weighted by Crippen LogP contribution is 2.24. The number of alkyl halides is 1. The number of fused-ring (bicyclic) bond motifs is 1.